The Balaban J connectivity index is 2.56. The number of aliphatic hydroxyl groups is 1. The Morgan fingerprint density at radius 2 is 2.21 bits per heavy atom. The summed E-state index contributed by atoms with van der Waals surface area (Å²) in [5, 5.41) is 9.36. The summed E-state index contributed by atoms with van der Waals surface area (Å²) in [5.74, 6) is 0.313. The highest BCUT2D eigenvalue weighted by atomic mass is 79.9. The highest BCUT2D eigenvalue weighted by Crippen LogP contribution is 2.27. The highest BCUT2D eigenvalue weighted by Gasteiger charge is 2.13. The van der Waals surface area contributed by atoms with E-state index >= 15 is 0 Å². The molecule has 0 unspecified atom stereocenters. The minimum Gasteiger partial charge on any atom is -0.482 e. The molecule has 0 atom stereocenters. The molecule has 0 radical (unpaired) electrons. The zero-order chi connectivity index (χ0) is 14.3. The summed E-state index contributed by atoms with van der Waals surface area (Å²) in [5.41, 5.74) is 0. The lowest BCUT2D eigenvalue weighted by Gasteiger charge is -2.21. The first-order valence-electron chi connectivity index (χ1n) is 6.05. The van der Waals surface area contributed by atoms with E-state index in [4.69, 9.17) is 21.4 Å². The van der Waals surface area contributed by atoms with Crippen molar-refractivity contribution in [1.82, 2.24) is 4.90 Å². The summed E-state index contributed by atoms with van der Waals surface area (Å²) < 4.78 is 6.25. The number of benzene rings is 1. The maximum Gasteiger partial charge on any atom is 0.260 e. The predicted molar refractivity (Wildman–Crippen MR) is 78.6 cm³/mol. The fourth-order valence-electron chi connectivity index (χ4n) is 1.57. The summed E-state index contributed by atoms with van der Waals surface area (Å²) in [4.78, 5) is 13.5. The number of carbonyl (C=O) groups is 1. The van der Waals surface area contributed by atoms with E-state index in [1.807, 2.05) is 6.92 Å². The second kappa shape index (κ2) is 8.40. The molecular weight excluding hydrogens is 334 g/mol. The molecule has 1 N–H and O–H groups in total. The average Bonchev–Trinajstić information content (AvgIpc) is 2.37. The van der Waals surface area contributed by atoms with Crippen LogP contribution in [0.25, 0.3) is 0 Å². The lowest BCUT2D eigenvalue weighted by molar-refractivity contribution is -0.133. The van der Waals surface area contributed by atoms with Gasteiger partial charge in [-0.3, -0.25) is 4.79 Å². The number of ether oxygens (including phenoxy) is 1. The van der Waals surface area contributed by atoms with Crippen LogP contribution in [0.2, 0.25) is 5.02 Å². The minimum absolute atomic E-state index is 0.0508. The zero-order valence-electron chi connectivity index (χ0n) is 10.7. The summed E-state index contributed by atoms with van der Waals surface area (Å²) >= 11 is 9.29. The van der Waals surface area contributed by atoms with Crippen molar-refractivity contribution in [3.8, 4) is 5.75 Å². The van der Waals surface area contributed by atoms with Crippen LogP contribution < -0.4 is 4.74 Å². The minimum atomic E-state index is -0.158. The molecule has 0 saturated heterocycles. The van der Waals surface area contributed by atoms with E-state index in [0.717, 1.165) is 10.9 Å². The number of amides is 1. The third-order valence-corrected chi connectivity index (χ3v) is 3.25. The van der Waals surface area contributed by atoms with Crippen LogP contribution in [0.3, 0.4) is 0 Å². The lowest BCUT2D eigenvalue weighted by Crippen LogP contribution is -2.37. The van der Waals surface area contributed by atoms with Gasteiger partial charge in [0.25, 0.3) is 5.91 Å². The van der Waals surface area contributed by atoms with Gasteiger partial charge in [-0.1, -0.05) is 34.5 Å². The number of hydrogen-bond acceptors (Lipinski definition) is 3. The molecule has 1 rings (SSSR count). The van der Waals surface area contributed by atoms with Crippen LogP contribution in [-0.2, 0) is 4.79 Å². The Kier molecular flexibility index (Phi) is 7.20. The van der Waals surface area contributed by atoms with Crippen molar-refractivity contribution in [3.63, 3.8) is 0 Å². The Hall–Kier alpha value is -0.780. The van der Waals surface area contributed by atoms with Crippen molar-refractivity contribution < 1.29 is 14.6 Å². The normalized spacial score (nSPS) is 10.3. The molecular formula is C13H17BrClNO3. The van der Waals surface area contributed by atoms with Crippen molar-refractivity contribution in [1.29, 1.82) is 0 Å². The van der Waals surface area contributed by atoms with E-state index in [1.54, 1.807) is 23.1 Å². The molecule has 0 aliphatic heterocycles. The molecule has 0 bridgehead atoms. The van der Waals surface area contributed by atoms with Crippen molar-refractivity contribution in [2.75, 3.05) is 26.3 Å². The predicted octanol–water partition coefficient (Wildman–Crippen LogP) is 2.71. The molecule has 1 aromatic carbocycles. The lowest BCUT2D eigenvalue weighted by atomic mass is 10.3. The van der Waals surface area contributed by atoms with Crippen LogP contribution in [0, 0.1) is 0 Å². The fraction of sp³-hybridized carbons (Fsp3) is 0.462. The van der Waals surface area contributed by atoms with E-state index in [0.29, 0.717) is 23.9 Å². The van der Waals surface area contributed by atoms with Crippen LogP contribution in [-0.4, -0.2) is 42.2 Å². The molecule has 6 heteroatoms. The number of aliphatic hydroxyl groups excluding tert-OH is 1. The molecule has 1 aromatic rings. The molecule has 0 aliphatic carbocycles. The van der Waals surface area contributed by atoms with E-state index in [-0.39, 0.29) is 19.1 Å². The maximum atomic E-state index is 11.9. The molecule has 106 valence electrons. The average molecular weight is 351 g/mol. The Morgan fingerprint density at radius 3 is 2.79 bits per heavy atom. The van der Waals surface area contributed by atoms with Crippen molar-refractivity contribution in [2.24, 2.45) is 0 Å². The first kappa shape index (κ1) is 16.3. The van der Waals surface area contributed by atoms with Crippen LogP contribution >= 0.6 is 27.5 Å². The molecule has 0 spiro atoms. The third kappa shape index (κ3) is 5.38. The number of rotatable bonds is 7. The second-order valence-corrected chi connectivity index (χ2v) is 5.29. The van der Waals surface area contributed by atoms with Gasteiger partial charge in [0.05, 0.1) is 11.6 Å². The molecule has 19 heavy (non-hydrogen) atoms. The van der Waals surface area contributed by atoms with Crippen LogP contribution in [0.5, 0.6) is 5.75 Å². The number of halogens is 2. The van der Waals surface area contributed by atoms with Crippen LogP contribution in [0.15, 0.2) is 22.7 Å². The molecule has 0 aromatic heterocycles. The van der Waals surface area contributed by atoms with E-state index in [9.17, 15) is 4.79 Å². The Labute approximate surface area is 126 Å². The second-order valence-electron chi connectivity index (χ2n) is 3.97. The van der Waals surface area contributed by atoms with E-state index < -0.39 is 0 Å². The SMILES string of the molecule is CCCN(CCO)C(=O)COc1ccc(Br)cc1Cl. The number of nitrogens with zero attached hydrogens (tertiary/aromatic N) is 1. The van der Waals surface area contributed by atoms with E-state index in [2.05, 4.69) is 15.9 Å². The van der Waals surface area contributed by atoms with Crippen molar-refractivity contribution >= 4 is 33.4 Å². The van der Waals surface area contributed by atoms with Crippen LogP contribution in [0.1, 0.15) is 13.3 Å². The quantitative estimate of drug-likeness (QED) is 0.822. The first-order chi connectivity index (χ1) is 9.08. The van der Waals surface area contributed by atoms with Gasteiger partial charge in [0.2, 0.25) is 0 Å². The summed E-state index contributed by atoms with van der Waals surface area (Å²) in [6, 6.07) is 5.21. The standard InChI is InChI=1S/C13H17BrClNO3/c1-2-5-16(6-7-17)13(18)9-19-12-4-3-10(14)8-11(12)15/h3-4,8,17H,2,5-7,9H2,1H3. The largest absolute Gasteiger partial charge is 0.482 e. The molecule has 0 saturated carbocycles. The molecule has 0 heterocycles. The monoisotopic (exact) mass is 349 g/mol. The van der Waals surface area contributed by atoms with Crippen LogP contribution in [0.4, 0.5) is 0 Å². The first-order valence-corrected chi connectivity index (χ1v) is 7.22. The van der Waals surface area contributed by atoms with Gasteiger partial charge in [0, 0.05) is 17.6 Å². The van der Waals surface area contributed by atoms with Gasteiger partial charge in [0.1, 0.15) is 5.75 Å². The molecule has 1 amide bonds. The Bertz CT molecular complexity index is 422. The highest BCUT2D eigenvalue weighted by molar-refractivity contribution is 9.10. The maximum absolute atomic E-state index is 11.9. The van der Waals surface area contributed by atoms with Gasteiger partial charge in [-0.2, -0.15) is 0 Å². The van der Waals surface area contributed by atoms with Gasteiger partial charge in [-0.25, -0.2) is 0 Å². The summed E-state index contributed by atoms with van der Waals surface area (Å²) in [7, 11) is 0. The third-order valence-electron chi connectivity index (χ3n) is 2.46. The van der Waals surface area contributed by atoms with Gasteiger partial charge in [-0.05, 0) is 24.6 Å². The number of carbonyl (C=O) groups excluding carboxylic acids is 1. The number of hydrogen-bond donors (Lipinski definition) is 1. The van der Waals surface area contributed by atoms with Crippen molar-refractivity contribution in [2.45, 2.75) is 13.3 Å². The zero-order valence-corrected chi connectivity index (χ0v) is 13.1. The fourth-order valence-corrected chi connectivity index (χ4v) is 2.30. The molecule has 4 nitrogen and oxygen atoms in total. The van der Waals surface area contributed by atoms with Gasteiger partial charge < -0.3 is 14.7 Å². The Morgan fingerprint density at radius 1 is 1.47 bits per heavy atom. The smallest absolute Gasteiger partial charge is 0.260 e. The van der Waals surface area contributed by atoms with Gasteiger partial charge >= 0.3 is 0 Å². The van der Waals surface area contributed by atoms with E-state index in [1.165, 1.54) is 0 Å². The molecule has 0 aliphatic rings. The summed E-state index contributed by atoms with van der Waals surface area (Å²) in [6.45, 7) is 2.77. The van der Waals surface area contributed by atoms with Gasteiger partial charge in [0.15, 0.2) is 6.61 Å². The summed E-state index contributed by atoms with van der Waals surface area (Å²) in [6.07, 6.45) is 0.838. The topological polar surface area (TPSA) is 49.8 Å². The van der Waals surface area contributed by atoms with Crippen molar-refractivity contribution in [3.05, 3.63) is 27.7 Å². The molecule has 0 fully saturated rings. The van der Waals surface area contributed by atoms with Gasteiger partial charge in [-0.15, -0.1) is 0 Å².